The van der Waals surface area contributed by atoms with Gasteiger partial charge in [-0.1, -0.05) is 15.9 Å². The topological polar surface area (TPSA) is 56.0 Å². The van der Waals surface area contributed by atoms with Crippen LogP contribution in [0.5, 0.6) is 5.75 Å². The van der Waals surface area contributed by atoms with Crippen LogP contribution >= 0.6 is 28.3 Å². The number of rotatable bonds is 6. The molecule has 0 atom stereocenters. The second-order valence-corrected chi connectivity index (χ2v) is 4.48. The molecule has 0 spiro atoms. The summed E-state index contributed by atoms with van der Waals surface area (Å²) in [4.78, 5) is 0. The minimum Gasteiger partial charge on any atom is -0.508 e. The quantitative estimate of drug-likeness (QED) is 0.791. The molecule has 3 nitrogen and oxygen atoms in total. The Morgan fingerprint density at radius 3 is 2.82 bits per heavy atom. The SMILES string of the molecule is Cl.N#CCCCCNCc1cc(Br)ccc1O. The number of hydrogen-bond acceptors (Lipinski definition) is 3. The average Bonchev–Trinajstić information content (AvgIpc) is 2.28. The third-order valence-corrected chi connectivity index (χ3v) is 2.74. The van der Waals surface area contributed by atoms with E-state index in [4.69, 9.17) is 5.26 Å². The Balaban J connectivity index is 0.00000256. The van der Waals surface area contributed by atoms with Crippen molar-refractivity contribution in [2.75, 3.05) is 6.54 Å². The lowest BCUT2D eigenvalue weighted by molar-refractivity contribution is 0.464. The van der Waals surface area contributed by atoms with Gasteiger partial charge in [0.15, 0.2) is 0 Å². The Morgan fingerprint density at radius 2 is 2.12 bits per heavy atom. The first-order valence-corrected chi connectivity index (χ1v) is 6.08. The van der Waals surface area contributed by atoms with Crippen molar-refractivity contribution >= 4 is 28.3 Å². The van der Waals surface area contributed by atoms with Crippen LogP contribution < -0.4 is 5.32 Å². The molecular weight excluding hydrogens is 304 g/mol. The van der Waals surface area contributed by atoms with Crippen LogP contribution in [0.1, 0.15) is 24.8 Å². The zero-order valence-electron chi connectivity index (χ0n) is 9.45. The maximum absolute atomic E-state index is 9.57. The minimum atomic E-state index is 0. The van der Waals surface area contributed by atoms with E-state index in [1.54, 1.807) is 6.07 Å². The van der Waals surface area contributed by atoms with Crippen LogP contribution in [0.4, 0.5) is 0 Å². The molecule has 0 heterocycles. The summed E-state index contributed by atoms with van der Waals surface area (Å²) in [6, 6.07) is 7.51. The van der Waals surface area contributed by atoms with E-state index >= 15 is 0 Å². The molecule has 0 radical (unpaired) electrons. The maximum Gasteiger partial charge on any atom is 0.120 e. The molecular formula is C12H16BrClN2O. The molecule has 0 saturated carbocycles. The largest absolute Gasteiger partial charge is 0.508 e. The number of unbranched alkanes of at least 4 members (excludes halogenated alkanes) is 2. The first kappa shape index (κ1) is 16.2. The van der Waals surface area contributed by atoms with Gasteiger partial charge in [-0.25, -0.2) is 0 Å². The van der Waals surface area contributed by atoms with Gasteiger partial charge in [-0.05, 0) is 37.6 Å². The summed E-state index contributed by atoms with van der Waals surface area (Å²) >= 11 is 3.36. The van der Waals surface area contributed by atoms with Gasteiger partial charge in [0.25, 0.3) is 0 Å². The van der Waals surface area contributed by atoms with E-state index in [2.05, 4.69) is 27.3 Å². The van der Waals surface area contributed by atoms with Crippen LogP contribution in [-0.4, -0.2) is 11.7 Å². The Bertz CT molecular complexity index is 379. The minimum absolute atomic E-state index is 0. The van der Waals surface area contributed by atoms with E-state index in [9.17, 15) is 5.11 Å². The highest BCUT2D eigenvalue weighted by molar-refractivity contribution is 9.10. The molecule has 0 fully saturated rings. The van der Waals surface area contributed by atoms with Gasteiger partial charge in [0, 0.05) is 23.0 Å². The van der Waals surface area contributed by atoms with Gasteiger partial charge in [0.05, 0.1) is 6.07 Å². The van der Waals surface area contributed by atoms with Crippen LogP contribution in [-0.2, 0) is 6.54 Å². The van der Waals surface area contributed by atoms with Crippen LogP contribution in [0, 0.1) is 11.3 Å². The second kappa shape index (κ2) is 9.29. The van der Waals surface area contributed by atoms with E-state index in [1.165, 1.54) is 0 Å². The highest BCUT2D eigenvalue weighted by atomic mass is 79.9. The van der Waals surface area contributed by atoms with Crippen LogP contribution in [0.25, 0.3) is 0 Å². The van der Waals surface area contributed by atoms with Crippen molar-refractivity contribution in [3.8, 4) is 11.8 Å². The fourth-order valence-corrected chi connectivity index (χ4v) is 1.78. The zero-order valence-corrected chi connectivity index (χ0v) is 11.9. The van der Waals surface area contributed by atoms with Crippen LogP contribution in [0.15, 0.2) is 22.7 Å². The molecule has 0 bridgehead atoms. The summed E-state index contributed by atoms with van der Waals surface area (Å²) < 4.78 is 0.964. The molecule has 0 unspecified atom stereocenters. The summed E-state index contributed by atoms with van der Waals surface area (Å²) in [5.41, 5.74) is 0.884. The third-order valence-electron chi connectivity index (χ3n) is 2.25. The van der Waals surface area contributed by atoms with Crippen molar-refractivity contribution in [2.45, 2.75) is 25.8 Å². The predicted octanol–water partition coefficient (Wildman–Crippen LogP) is 3.36. The Labute approximate surface area is 116 Å². The molecule has 0 aliphatic heterocycles. The van der Waals surface area contributed by atoms with Gasteiger partial charge >= 0.3 is 0 Å². The van der Waals surface area contributed by atoms with Crippen molar-refractivity contribution in [3.63, 3.8) is 0 Å². The number of aromatic hydroxyl groups is 1. The number of nitrogens with one attached hydrogen (secondary N) is 1. The molecule has 17 heavy (non-hydrogen) atoms. The molecule has 1 aromatic rings. The van der Waals surface area contributed by atoms with E-state index in [1.807, 2.05) is 12.1 Å². The zero-order chi connectivity index (χ0) is 11.8. The molecule has 0 aliphatic rings. The smallest absolute Gasteiger partial charge is 0.120 e. The van der Waals surface area contributed by atoms with E-state index in [-0.39, 0.29) is 12.4 Å². The normalized spacial score (nSPS) is 9.41. The standard InChI is InChI=1S/C12H15BrN2O.ClH/c13-11-4-5-12(16)10(8-11)9-15-7-3-1-2-6-14;/h4-5,8,15-16H,1-3,7,9H2;1H. The van der Waals surface area contributed by atoms with Crippen molar-refractivity contribution in [3.05, 3.63) is 28.2 Å². The lowest BCUT2D eigenvalue weighted by Gasteiger charge is -2.06. The summed E-state index contributed by atoms with van der Waals surface area (Å²) in [5, 5.41) is 21.2. The average molecular weight is 320 g/mol. The van der Waals surface area contributed by atoms with Gasteiger partial charge in [0.1, 0.15) is 5.75 Å². The molecule has 0 aliphatic carbocycles. The lowest BCUT2D eigenvalue weighted by atomic mass is 10.2. The highest BCUT2D eigenvalue weighted by Crippen LogP contribution is 2.21. The number of nitriles is 1. The summed E-state index contributed by atoms with van der Waals surface area (Å²) in [6.45, 7) is 1.52. The molecule has 1 rings (SSSR count). The lowest BCUT2D eigenvalue weighted by Crippen LogP contribution is -2.14. The van der Waals surface area contributed by atoms with Gasteiger partial charge in [-0.2, -0.15) is 5.26 Å². The monoisotopic (exact) mass is 318 g/mol. The molecule has 2 N–H and O–H groups in total. The number of phenolic OH excluding ortho intramolecular Hbond substituents is 1. The second-order valence-electron chi connectivity index (χ2n) is 3.57. The number of nitrogens with zero attached hydrogens (tertiary/aromatic N) is 1. The summed E-state index contributed by atoms with van der Waals surface area (Å²) in [6.07, 6.45) is 2.53. The number of halogens is 2. The first-order valence-electron chi connectivity index (χ1n) is 5.29. The third kappa shape index (κ3) is 6.52. The van der Waals surface area contributed by atoms with Crippen molar-refractivity contribution in [2.24, 2.45) is 0 Å². The first-order chi connectivity index (χ1) is 7.74. The fourth-order valence-electron chi connectivity index (χ4n) is 1.37. The molecule has 94 valence electrons. The number of hydrogen-bond donors (Lipinski definition) is 2. The van der Waals surface area contributed by atoms with E-state index in [0.717, 1.165) is 29.4 Å². The summed E-state index contributed by atoms with van der Waals surface area (Å²) in [5.74, 6) is 0.313. The van der Waals surface area contributed by atoms with Crippen LogP contribution in [0.3, 0.4) is 0 Å². The van der Waals surface area contributed by atoms with Crippen molar-refractivity contribution < 1.29 is 5.11 Å². The predicted molar refractivity (Wildman–Crippen MR) is 74.2 cm³/mol. The Morgan fingerprint density at radius 1 is 1.35 bits per heavy atom. The molecule has 1 aromatic carbocycles. The van der Waals surface area contributed by atoms with E-state index in [0.29, 0.717) is 18.7 Å². The van der Waals surface area contributed by atoms with Crippen LogP contribution in [0.2, 0.25) is 0 Å². The Kier molecular flexibility index (Phi) is 8.87. The fraction of sp³-hybridized carbons (Fsp3) is 0.417. The number of benzene rings is 1. The maximum atomic E-state index is 9.57. The van der Waals surface area contributed by atoms with Gasteiger partial charge in [0.2, 0.25) is 0 Å². The van der Waals surface area contributed by atoms with E-state index < -0.39 is 0 Å². The van der Waals surface area contributed by atoms with Gasteiger partial charge in [-0.15, -0.1) is 12.4 Å². The van der Waals surface area contributed by atoms with Crippen molar-refractivity contribution in [1.29, 1.82) is 5.26 Å². The summed E-state index contributed by atoms with van der Waals surface area (Å²) in [7, 11) is 0. The van der Waals surface area contributed by atoms with Crippen molar-refractivity contribution in [1.82, 2.24) is 5.32 Å². The van der Waals surface area contributed by atoms with Gasteiger partial charge < -0.3 is 10.4 Å². The molecule has 0 amide bonds. The molecule has 0 saturated heterocycles. The molecule has 5 heteroatoms. The number of phenols is 1. The highest BCUT2D eigenvalue weighted by Gasteiger charge is 2.00. The van der Waals surface area contributed by atoms with Gasteiger partial charge in [-0.3, -0.25) is 0 Å². The Hall–Kier alpha value is -0.760. The molecule has 0 aromatic heterocycles.